The zero-order chi connectivity index (χ0) is 10.6. The van der Waals surface area contributed by atoms with Crippen LogP contribution in [0.15, 0.2) is 29.2 Å². The molecule has 74 valence electrons. The van der Waals surface area contributed by atoms with Crippen LogP contribution >= 0.6 is 0 Å². The summed E-state index contributed by atoms with van der Waals surface area (Å²) in [6, 6.07) is 3.28. The summed E-state index contributed by atoms with van der Waals surface area (Å²) in [5.74, 6) is -0.670. The Kier molecular flexibility index (Phi) is 3.19. The lowest BCUT2D eigenvalue weighted by atomic mass is 10.2. The molecule has 1 rings (SSSR count). The van der Waals surface area contributed by atoms with Gasteiger partial charge in [0.1, 0.15) is 0 Å². The van der Waals surface area contributed by atoms with Crippen LogP contribution in [0.3, 0.4) is 0 Å². The van der Waals surface area contributed by atoms with E-state index in [1.807, 2.05) is 0 Å². The van der Waals surface area contributed by atoms with Crippen LogP contribution in [0.4, 0.5) is 0 Å². The van der Waals surface area contributed by atoms with E-state index in [4.69, 9.17) is 5.21 Å². The van der Waals surface area contributed by atoms with Gasteiger partial charge in [0.25, 0.3) is 11.5 Å². The van der Waals surface area contributed by atoms with E-state index < -0.39 is 5.91 Å². The highest BCUT2D eigenvalue weighted by Crippen LogP contribution is 1.93. The van der Waals surface area contributed by atoms with Crippen molar-refractivity contribution in [2.45, 2.75) is 0 Å². The van der Waals surface area contributed by atoms with Gasteiger partial charge in [-0.15, -0.1) is 0 Å². The Morgan fingerprint density at radius 3 is 3.00 bits per heavy atom. The third-order valence-electron chi connectivity index (χ3n) is 1.68. The number of aromatic nitrogens is 1. The van der Waals surface area contributed by atoms with Crippen LogP contribution < -0.4 is 11.0 Å². The Bertz CT molecular complexity index is 420. The Morgan fingerprint density at radius 1 is 1.64 bits per heavy atom. The summed E-state index contributed by atoms with van der Waals surface area (Å²) in [6.45, 7) is 0. The molecule has 0 aliphatic heterocycles. The molecule has 14 heavy (non-hydrogen) atoms. The molecule has 0 saturated heterocycles. The van der Waals surface area contributed by atoms with Crippen LogP contribution in [-0.4, -0.2) is 15.7 Å². The quantitative estimate of drug-likeness (QED) is 0.392. The molecule has 0 spiro atoms. The minimum Gasteiger partial charge on any atom is -0.318 e. The Hall–Kier alpha value is -1.88. The molecule has 0 bridgehead atoms. The molecular weight excluding hydrogens is 184 g/mol. The van der Waals surface area contributed by atoms with E-state index in [1.165, 1.54) is 16.1 Å². The third-order valence-corrected chi connectivity index (χ3v) is 1.68. The van der Waals surface area contributed by atoms with Crippen molar-refractivity contribution in [1.82, 2.24) is 10.0 Å². The maximum Gasteiger partial charge on any atom is 0.267 e. The molecule has 0 aliphatic carbocycles. The van der Waals surface area contributed by atoms with Gasteiger partial charge in [0.15, 0.2) is 0 Å². The number of nitrogens with one attached hydrogen (secondary N) is 1. The minimum absolute atomic E-state index is 0.200. The Morgan fingerprint density at radius 2 is 2.36 bits per heavy atom. The van der Waals surface area contributed by atoms with Crippen molar-refractivity contribution in [3.63, 3.8) is 0 Å². The molecular formula is C9H10N2O3. The monoisotopic (exact) mass is 194 g/mol. The van der Waals surface area contributed by atoms with Gasteiger partial charge in [0.2, 0.25) is 0 Å². The lowest BCUT2D eigenvalue weighted by Crippen LogP contribution is -2.18. The van der Waals surface area contributed by atoms with Crippen molar-refractivity contribution in [3.8, 4) is 0 Å². The molecule has 1 amide bonds. The van der Waals surface area contributed by atoms with Crippen LogP contribution in [0.5, 0.6) is 0 Å². The van der Waals surface area contributed by atoms with E-state index in [-0.39, 0.29) is 5.56 Å². The van der Waals surface area contributed by atoms with Gasteiger partial charge in [-0.25, -0.2) is 5.48 Å². The number of aryl methyl sites for hydroxylation is 1. The number of rotatable bonds is 2. The third kappa shape index (κ3) is 2.30. The molecule has 0 aromatic carbocycles. The molecule has 0 unspecified atom stereocenters. The van der Waals surface area contributed by atoms with Crippen molar-refractivity contribution < 1.29 is 10.0 Å². The van der Waals surface area contributed by atoms with Crippen molar-refractivity contribution in [3.05, 3.63) is 40.3 Å². The zero-order valence-electron chi connectivity index (χ0n) is 7.60. The number of carbonyl (C=O) groups is 1. The van der Waals surface area contributed by atoms with Gasteiger partial charge in [-0.1, -0.05) is 0 Å². The van der Waals surface area contributed by atoms with Crippen LogP contribution in [0.2, 0.25) is 0 Å². The Balaban J connectivity index is 2.98. The lowest BCUT2D eigenvalue weighted by Gasteiger charge is -1.97. The van der Waals surface area contributed by atoms with Crippen molar-refractivity contribution >= 4 is 12.0 Å². The first-order valence-electron chi connectivity index (χ1n) is 3.93. The summed E-state index contributed by atoms with van der Waals surface area (Å²) in [5.41, 5.74) is 1.62. The summed E-state index contributed by atoms with van der Waals surface area (Å²) in [5, 5.41) is 8.20. The van der Waals surface area contributed by atoms with Crippen molar-refractivity contribution in [1.29, 1.82) is 0 Å². The first kappa shape index (κ1) is 10.2. The number of hydrogen-bond donors (Lipinski definition) is 2. The minimum atomic E-state index is -0.670. The smallest absolute Gasteiger partial charge is 0.267 e. The van der Waals surface area contributed by atoms with Gasteiger partial charge in [0.05, 0.1) is 0 Å². The van der Waals surface area contributed by atoms with Gasteiger partial charge in [-0.2, -0.15) is 0 Å². The second kappa shape index (κ2) is 4.38. The number of carbonyl (C=O) groups excluding carboxylic acids is 1. The summed E-state index contributed by atoms with van der Waals surface area (Å²) < 4.78 is 1.40. The SMILES string of the molecule is Cn1cccc(/C=C/C(=O)NO)c1=O. The van der Waals surface area contributed by atoms with Gasteiger partial charge in [-0.3, -0.25) is 14.8 Å². The molecule has 0 fully saturated rings. The van der Waals surface area contributed by atoms with Crippen molar-refractivity contribution in [2.24, 2.45) is 7.05 Å². The fourth-order valence-corrected chi connectivity index (χ4v) is 0.948. The first-order valence-corrected chi connectivity index (χ1v) is 3.93. The standard InChI is InChI=1S/C9H10N2O3/c1-11-6-2-3-7(9(11)13)4-5-8(12)10-14/h2-6,14H,1H3,(H,10,12)/b5-4+. The highest BCUT2D eigenvalue weighted by molar-refractivity contribution is 5.90. The largest absolute Gasteiger partial charge is 0.318 e. The number of nitrogens with zero attached hydrogens (tertiary/aromatic N) is 1. The molecule has 5 heteroatoms. The number of pyridine rings is 1. The van der Waals surface area contributed by atoms with Crippen LogP contribution in [0, 0.1) is 0 Å². The normalized spacial score (nSPS) is 10.4. The predicted molar refractivity (Wildman–Crippen MR) is 50.6 cm³/mol. The van der Waals surface area contributed by atoms with Crippen LogP contribution in [0.1, 0.15) is 5.56 Å². The van der Waals surface area contributed by atoms with E-state index in [2.05, 4.69) is 0 Å². The van der Waals surface area contributed by atoms with E-state index in [0.29, 0.717) is 5.56 Å². The average Bonchev–Trinajstić information content (AvgIpc) is 2.20. The molecule has 0 aliphatic rings. The van der Waals surface area contributed by atoms with Gasteiger partial charge >= 0.3 is 0 Å². The second-order valence-electron chi connectivity index (χ2n) is 2.69. The molecule has 1 heterocycles. The molecule has 1 aromatic heterocycles. The number of hydrogen-bond acceptors (Lipinski definition) is 3. The molecule has 0 radical (unpaired) electrons. The molecule has 5 nitrogen and oxygen atoms in total. The highest BCUT2D eigenvalue weighted by atomic mass is 16.5. The number of hydroxylamine groups is 1. The number of amides is 1. The van der Waals surface area contributed by atoms with Gasteiger partial charge in [-0.05, 0) is 18.2 Å². The van der Waals surface area contributed by atoms with Crippen LogP contribution in [0.25, 0.3) is 6.08 Å². The predicted octanol–water partition coefficient (Wildman–Crippen LogP) is -0.0961. The molecule has 0 saturated carbocycles. The first-order chi connectivity index (χ1) is 6.65. The summed E-state index contributed by atoms with van der Waals surface area (Å²) >= 11 is 0. The fourth-order valence-electron chi connectivity index (χ4n) is 0.948. The highest BCUT2D eigenvalue weighted by Gasteiger charge is 1.96. The summed E-state index contributed by atoms with van der Waals surface area (Å²) in [4.78, 5) is 22.0. The topological polar surface area (TPSA) is 71.3 Å². The fraction of sp³-hybridized carbons (Fsp3) is 0.111. The zero-order valence-corrected chi connectivity index (χ0v) is 7.60. The van der Waals surface area contributed by atoms with E-state index in [1.54, 1.807) is 25.4 Å². The van der Waals surface area contributed by atoms with Gasteiger partial charge in [0, 0.05) is 24.9 Å². The summed E-state index contributed by atoms with van der Waals surface area (Å²) in [7, 11) is 1.62. The van der Waals surface area contributed by atoms with Crippen molar-refractivity contribution in [2.75, 3.05) is 0 Å². The van der Waals surface area contributed by atoms with E-state index >= 15 is 0 Å². The molecule has 2 N–H and O–H groups in total. The maximum absolute atomic E-state index is 11.4. The average molecular weight is 194 g/mol. The lowest BCUT2D eigenvalue weighted by molar-refractivity contribution is -0.124. The van der Waals surface area contributed by atoms with E-state index in [0.717, 1.165) is 6.08 Å². The van der Waals surface area contributed by atoms with Crippen LogP contribution in [-0.2, 0) is 11.8 Å². The van der Waals surface area contributed by atoms with Gasteiger partial charge < -0.3 is 4.57 Å². The summed E-state index contributed by atoms with van der Waals surface area (Å²) in [6.07, 6.45) is 4.04. The van der Waals surface area contributed by atoms with E-state index in [9.17, 15) is 9.59 Å². The molecule has 0 atom stereocenters. The maximum atomic E-state index is 11.4. The Labute approximate surface area is 80.3 Å². The molecule has 1 aromatic rings. The second-order valence-corrected chi connectivity index (χ2v) is 2.69.